The maximum atomic E-state index is 12.6. The zero-order valence-electron chi connectivity index (χ0n) is 18.4. The van der Waals surface area contributed by atoms with E-state index in [-0.39, 0.29) is 42.7 Å². The molecule has 1 aliphatic rings. The summed E-state index contributed by atoms with van der Waals surface area (Å²) >= 11 is 6.23. The van der Waals surface area contributed by atoms with Gasteiger partial charge in [0.2, 0.25) is 11.8 Å². The molecule has 1 aliphatic heterocycles. The van der Waals surface area contributed by atoms with E-state index in [1.165, 1.54) is 5.56 Å². The number of nitrogens with zero attached hydrogens (tertiary/aromatic N) is 2. The summed E-state index contributed by atoms with van der Waals surface area (Å²) < 4.78 is 1.86. The largest absolute Gasteiger partial charge is 0.350 e. The van der Waals surface area contributed by atoms with E-state index in [0.717, 1.165) is 23.1 Å². The van der Waals surface area contributed by atoms with Crippen LogP contribution in [0.4, 0.5) is 0 Å². The molecule has 10 heteroatoms. The van der Waals surface area contributed by atoms with E-state index < -0.39 is 6.04 Å². The second-order valence-electron chi connectivity index (χ2n) is 8.05. The van der Waals surface area contributed by atoms with Crippen molar-refractivity contribution in [2.75, 3.05) is 6.54 Å². The smallest absolute Gasteiger partial charge is 0.242 e. The molecule has 3 N–H and O–H groups in total. The lowest BCUT2D eigenvalue weighted by atomic mass is 9.96. The highest BCUT2D eigenvalue weighted by Crippen LogP contribution is 2.26. The van der Waals surface area contributed by atoms with Crippen LogP contribution in [0.1, 0.15) is 30.4 Å². The van der Waals surface area contributed by atoms with Gasteiger partial charge in [0, 0.05) is 37.9 Å². The van der Waals surface area contributed by atoms with Gasteiger partial charge in [-0.05, 0) is 36.5 Å². The quantitative estimate of drug-likeness (QED) is 0.473. The summed E-state index contributed by atoms with van der Waals surface area (Å²) in [4.78, 5) is 29.5. The van der Waals surface area contributed by atoms with Gasteiger partial charge in [-0.15, -0.1) is 24.8 Å². The number of nitrogens with one attached hydrogen (secondary N) is 3. The van der Waals surface area contributed by atoms with Gasteiger partial charge >= 0.3 is 0 Å². The third kappa shape index (κ3) is 6.18. The molecule has 0 bridgehead atoms. The second kappa shape index (κ2) is 11.7. The zero-order chi connectivity index (χ0) is 22.0. The molecule has 178 valence electrons. The van der Waals surface area contributed by atoms with Crippen LogP contribution in [0.2, 0.25) is 5.02 Å². The molecule has 33 heavy (non-hydrogen) atoms. The molecule has 0 radical (unpaired) electrons. The summed E-state index contributed by atoms with van der Waals surface area (Å²) in [7, 11) is 1.88. The Balaban J connectivity index is 0.00000193. The average molecular weight is 513 g/mol. The topological polar surface area (TPSA) is 88.1 Å². The van der Waals surface area contributed by atoms with E-state index in [4.69, 9.17) is 11.6 Å². The normalized spacial score (nSPS) is 18.2. The maximum absolute atomic E-state index is 12.6. The number of halogens is 3. The standard InChI is InChI=1S/C23H26ClN5O2.2ClH/c1-14(28-23(31)20-9-17(12-25-20)16-6-4-3-5-7-16)22(30)27-11-15-8-18-19(24)13-29(2)21(18)26-10-15;;/h3-8,10,13-14,17,20,25H,9,11-12H2,1-2H3,(H,27,30)(H,28,31);2*1H/t14-,17-,20+;;/m0../s1. The van der Waals surface area contributed by atoms with Gasteiger partial charge < -0.3 is 20.5 Å². The van der Waals surface area contributed by atoms with E-state index in [1.54, 1.807) is 19.3 Å². The third-order valence-corrected chi connectivity index (χ3v) is 6.06. The first-order valence-electron chi connectivity index (χ1n) is 10.4. The molecule has 2 aromatic heterocycles. The first kappa shape index (κ1) is 26.9. The van der Waals surface area contributed by atoms with Gasteiger partial charge in [0.05, 0.1) is 11.1 Å². The molecule has 0 aliphatic carbocycles. The van der Waals surface area contributed by atoms with E-state index in [2.05, 4.69) is 33.1 Å². The van der Waals surface area contributed by atoms with Crippen LogP contribution in [0.25, 0.3) is 11.0 Å². The molecule has 1 saturated heterocycles. The van der Waals surface area contributed by atoms with Crippen LogP contribution in [0, 0.1) is 0 Å². The molecule has 0 spiro atoms. The van der Waals surface area contributed by atoms with Crippen molar-refractivity contribution < 1.29 is 9.59 Å². The summed E-state index contributed by atoms with van der Waals surface area (Å²) in [6.45, 7) is 2.75. The maximum Gasteiger partial charge on any atom is 0.242 e. The van der Waals surface area contributed by atoms with Crippen LogP contribution in [-0.2, 0) is 23.2 Å². The molecular formula is C23H28Cl3N5O2. The van der Waals surface area contributed by atoms with Crippen LogP contribution in [0.5, 0.6) is 0 Å². The van der Waals surface area contributed by atoms with Crippen LogP contribution < -0.4 is 16.0 Å². The molecule has 3 aromatic rings. The lowest BCUT2D eigenvalue weighted by Gasteiger charge is -2.17. The van der Waals surface area contributed by atoms with Crippen LogP contribution in [-0.4, -0.2) is 40.0 Å². The molecular weight excluding hydrogens is 485 g/mol. The fourth-order valence-electron chi connectivity index (χ4n) is 3.99. The van der Waals surface area contributed by atoms with Gasteiger partial charge in [-0.1, -0.05) is 41.9 Å². The molecule has 1 fully saturated rings. The number of rotatable bonds is 6. The number of aryl methyl sites for hydroxylation is 1. The van der Waals surface area contributed by atoms with Crippen molar-refractivity contribution in [3.8, 4) is 0 Å². The highest BCUT2D eigenvalue weighted by molar-refractivity contribution is 6.35. The summed E-state index contributed by atoms with van der Waals surface area (Å²) in [5, 5.41) is 10.4. The number of hydrogen-bond donors (Lipinski definition) is 3. The van der Waals surface area contributed by atoms with Gasteiger partial charge in [-0.25, -0.2) is 4.98 Å². The van der Waals surface area contributed by atoms with Gasteiger partial charge in [0.1, 0.15) is 11.7 Å². The van der Waals surface area contributed by atoms with E-state index in [1.807, 2.05) is 35.9 Å². The highest BCUT2D eigenvalue weighted by Gasteiger charge is 2.31. The Kier molecular flexibility index (Phi) is 9.55. The Morgan fingerprint density at radius 3 is 2.73 bits per heavy atom. The third-order valence-electron chi connectivity index (χ3n) is 5.76. The van der Waals surface area contributed by atoms with Crippen LogP contribution >= 0.6 is 36.4 Å². The predicted octanol–water partition coefficient (Wildman–Crippen LogP) is 3.34. The summed E-state index contributed by atoms with van der Waals surface area (Å²) in [5.74, 6) is -0.0984. The Labute approximate surface area is 210 Å². The fourth-order valence-corrected chi connectivity index (χ4v) is 4.28. The molecule has 1 aromatic carbocycles. The van der Waals surface area contributed by atoms with Crippen molar-refractivity contribution >= 4 is 59.3 Å². The van der Waals surface area contributed by atoms with Gasteiger partial charge in [-0.2, -0.15) is 0 Å². The predicted molar refractivity (Wildman–Crippen MR) is 135 cm³/mol. The Bertz CT molecular complexity index is 1110. The zero-order valence-corrected chi connectivity index (χ0v) is 20.8. The molecule has 3 atom stereocenters. The van der Waals surface area contributed by atoms with Crippen LogP contribution in [0.3, 0.4) is 0 Å². The molecule has 3 heterocycles. The first-order valence-corrected chi connectivity index (χ1v) is 10.8. The molecule has 0 unspecified atom stereocenters. The number of pyridine rings is 1. The lowest BCUT2D eigenvalue weighted by Crippen LogP contribution is -2.49. The molecule has 7 nitrogen and oxygen atoms in total. The van der Waals surface area contributed by atoms with Gasteiger partial charge in [0.25, 0.3) is 0 Å². The Morgan fingerprint density at radius 2 is 2.00 bits per heavy atom. The lowest BCUT2D eigenvalue weighted by molar-refractivity contribution is -0.129. The highest BCUT2D eigenvalue weighted by atomic mass is 35.5. The van der Waals surface area contributed by atoms with Crippen molar-refractivity contribution in [3.63, 3.8) is 0 Å². The Hall–Kier alpha value is -2.32. The summed E-state index contributed by atoms with van der Waals surface area (Å²) in [6.07, 6.45) is 4.24. The van der Waals surface area contributed by atoms with E-state index >= 15 is 0 Å². The number of hydrogen-bond acceptors (Lipinski definition) is 4. The summed E-state index contributed by atoms with van der Waals surface area (Å²) in [5.41, 5.74) is 2.86. The number of carbonyl (C=O) groups is 2. The summed E-state index contributed by atoms with van der Waals surface area (Å²) in [6, 6.07) is 11.1. The second-order valence-corrected chi connectivity index (χ2v) is 8.46. The number of benzene rings is 1. The minimum absolute atomic E-state index is 0. The number of aromatic nitrogens is 2. The minimum atomic E-state index is -0.637. The van der Waals surface area contributed by atoms with Gasteiger partial charge in [0.15, 0.2) is 0 Å². The number of carbonyl (C=O) groups excluding carboxylic acids is 2. The van der Waals surface area contributed by atoms with Crippen molar-refractivity contribution in [1.82, 2.24) is 25.5 Å². The molecule has 4 rings (SSSR count). The fraction of sp³-hybridized carbons (Fsp3) is 0.348. The molecule has 2 amide bonds. The van der Waals surface area contributed by atoms with Crippen molar-refractivity contribution in [2.24, 2.45) is 7.05 Å². The SMILES string of the molecule is C[C@H](NC(=O)[C@H]1C[C@H](c2ccccc2)CN1)C(=O)NCc1cnc2c(c1)c(Cl)cn2C.Cl.Cl. The number of amides is 2. The average Bonchev–Trinajstić information content (AvgIpc) is 3.38. The van der Waals surface area contributed by atoms with E-state index in [9.17, 15) is 9.59 Å². The first-order chi connectivity index (χ1) is 14.9. The van der Waals surface area contributed by atoms with E-state index in [0.29, 0.717) is 23.9 Å². The number of fused-ring (bicyclic) bond motifs is 1. The van der Waals surface area contributed by atoms with Crippen LogP contribution in [0.15, 0.2) is 48.8 Å². The van der Waals surface area contributed by atoms with Gasteiger partial charge in [-0.3, -0.25) is 9.59 Å². The monoisotopic (exact) mass is 511 g/mol. The van der Waals surface area contributed by atoms with Crippen molar-refractivity contribution in [3.05, 3.63) is 64.9 Å². The minimum Gasteiger partial charge on any atom is -0.350 e. The van der Waals surface area contributed by atoms with Crippen molar-refractivity contribution in [2.45, 2.75) is 37.9 Å². The Morgan fingerprint density at radius 1 is 1.27 bits per heavy atom. The molecule has 0 saturated carbocycles. The van der Waals surface area contributed by atoms with Crippen molar-refractivity contribution in [1.29, 1.82) is 0 Å².